The number of nitriles is 1. The smallest absolute Gasteiger partial charge is 0.204 e. The SMILES string of the molecule is Cc1ccccc1-c1c(C)c(C)cc2c1nc(NCCN)n2Cc1cccc(C#N)c1. The van der Waals surface area contributed by atoms with Gasteiger partial charge in [0.25, 0.3) is 0 Å². The molecular formula is C26H27N5. The molecule has 4 rings (SSSR count). The highest BCUT2D eigenvalue weighted by molar-refractivity contribution is 5.97. The molecule has 156 valence electrons. The largest absolute Gasteiger partial charge is 0.354 e. The molecule has 0 spiro atoms. The van der Waals surface area contributed by atoms with Crippen molar-refractivity contribution >= 4 is 17.0 Å². The molecule has 0 aliphatic carbocycles. The normalized spacial score (nSPS) is 10.9. The number of imidazole rings is 1. The van der Waals surface area contributed by atoms with Crippen LogP contribution in [0.1, 0.15) is 27.8 Å². The van der Waals surface area contributed by atoms with Crippen LogP contribution in [-0.2, 0) is 6.54 Å². The number of benzene rings is 3. The molecule has 0 aliphatic heterocycles. The van der Waals surface area contributed by atoms with Crippen molar-refractivity contribution in [3.63, 3.8) is 0 Å². The molecule has 0 unspecified atom stereocenters. The van der Waals surface area contributed by atoms with Crippen molar-refractivity contribution in [3.05, 3.63) is 82.4 Å². The molecule has 0 saturated heterocycles. The van der Waals surface area contributed by atoms with Crippen LogP contribution in [0.5, 0.6) is 0 Å². The third-order valence-electron chi connectivity index (χ3n) is 5.80. The number of aryl methyl sites for hydroxylation is 2. The van der Waals surface area contributed by atoms with Crippen molar-refractivity contribution in [1.29, 1.82) is 5.26 Å². The predicted octanol–water partition coefficient (Wildman–Crippen LogP) is 4.92. The van der Waals surface area contributed by atoms with E-state index in [1.807, 2.05) is 24.3 Å². The van der Waals surface area contributed by atoms with E-state index in [0.29, 0.717) is 25.2 Å². The molecule has 31 heavy (non-hydrogen) atoms. The molecule has 0 saturated carbocycles. The minimum Gasteiger partial charge on any atom is -0.354 e. The van der Waals surface area contributed by atoms with E-state index in [1.54, 1.807) is 0 Å². The quantitative estimate of drug-likeness (QED) is 0.474. The van der Waals surface area contributed by atoms with E-state index in [-0.39, 0.29) is 0 Å². The molecule has 4 aromatic rings. The summed E-state index contributed by atoms with van der Waals surface area (Å²) in [5.41, 5.74) is 15.6. The minimum absolute atomic E-state index is 0.524. The Morgan fingerprint density at radius 3 is 2.58 bits per heavy atom. The van der Waals surface area contributed by atoms with Crippen molar-refractivity contribution < 1.29 is 0 Å². The second-order valence-electron chi connectivity index (χ2n) is 7.93. The van der Waals surface area contributed by atoms with Gasteiger partial charge in [0.05, 0.1) is 29.2 Å². The average Bonchev–Trinajstić information content (AvgIpc) is 3.10. The summed E-state index contributed by atoms with van der Waals surface area (Å²) in [6.07, 6.45) is 0. The van der Waals surface area contributed by atoms with Gasteiger partial charge < -0.3 is 15.6 Å². The van der Waals surface area contributed by atoms with Gasteiger partial charge in [0.1, 0.15) is 0 Å². The van der Waals surface area contributed by atoms with Gasteiger partial charge in [-0.1, -0.05) is 36.4 Å². The van der Waals surface area contributed by atoms with Crippen LogP contribution in [0, 0.1) is 32.1 Å². The van der Waals surface area contributed by atoms with E-state index in [4.69, 9.17) is 10.7 Å². The fourth-order valence-electron chi connectivity index (χ4n) is 4.07. The first-order valence-electron chi connectivity index (χ1n) is 10.5. The zero-order valence-corrected chi connectivity index (χ0v) is 18.2. The van der Waals surface area contributed by atoms with E-state index >= 15 is 0 Å². The summed E-state index contributed by atoms with van der Waals surface area (Å²) < 4.78 is 2.19. The molecule has 1 aromatic heterocycles. The van der Waals surface area contributed by atoms with Crippen LogP contribution in [0.4, 0.5) is 5.95 Å². The second kappa shape index (κ2) is 8.63. The highest BCUT2D eigenvalue weighted by atomic mass is 15.2. The molecule has 3 N–H and O–H groups in total. The van der Waals surface area contributed by atoms with Gasteiger partial charge in [0, 0.05) is 18.7 Å². The van der Waals surface area contributed by atoms with E-state index in [2.05, 4.69) is 67.1 Å². The summed E-state index contributed by atoms with van der Waals surface area (Å²) in [4.78, 5) is 5.04. The van der Waals surface area contributed by atoms with Gasteiger partial charge in [-0.25, -0.2) is 4.98 Å². The number of anilines is 1. The molecule has 0 fully saturated rings. The lowest BCUT2D eigenvalue weighted by Gasteiger charge is -2.14. The van der Waals surface area contributed by atoms with Crippen LogP contribution >= 0.6 is 0 Å². The average molecular weight is 410 g/mol. The number of nitrogens with zero attached hydrogens (tertiary/aromatic N) is 3. The molecule has 5 heteroatoms. The Bertz CT molecular complexity index is 1290. The van der Waals surface area contributed by atoms with Gasteiger partial charge in [-0.2, -0.15) is 5.26 Å². The second-order valence-corrected chi connectivity index (χ2v) is 7.93. The van der Waals surface area contributed by atoms with E-state index < -0.39 is 0 Å². The number of hydrogen-bond acceptors (Lipinski definition) is 4. The van der Waals surface area contributed by atoms with Gasteiger partial charge in [0.2, 0.25) is 5.95 Å². The maximum Gasteiger partial charge on any atom is 0.204 e. The predicted molar refractivity (Wildman–Crippen MR) is 127 cm³/mol. The van der Waals surface area contributed by atoms with E-state index in [0.717, 1.165) is 22.5 Å². The highest BCUT2D eigenvalue weighted by Gasteiger charge is 2.19. The maximum atomic E-state index is 9.29. The zero-order chi connectivity index (χ0) is 22.0. The summed E-state index contributed by atoms with van der Waals surface area (Å²) in [6.45, 7) is 8.24. The van der Waals surface area contributed by atoms with Crippen LogP contribution in [0.3, 0.4) is 0 Å². The Morgan fingerprint density at radius 2 is 1.84 bits per heavy atom. The molecule has 1 heterocycles. The third-order valence-corrected chi connectivity index (χ3v) is 5.80. The number of nitrogens with one attached hydrogen (secondary N) is 1. The third kappa shape index (κ3) is 3.90. The van der Waals surface area contributed by atoms with Gasteiger partial charge in [-0.3, -0.25) is 0 Å². The van der Waals surface area contributed by atoms with Crippen molar-refractivity contribution in [2.45, 2.75) is 27.3 Å². The Balaban J connectivity index is 1.96. The highest BCUT2D eigenvalue weighted by Crippen LogP contribution is 2.37. The van der Waals surface area contributed by atoms with Crippen LogP contribution in [0.2, 0.25) is 0 Å². The van der Waals surface area contributed by atoms with Gasteiger partial charge >= 0.3 is 0 Å². The lowest BCUT2D eigenvalue weighted by Crippen LogP contribution is -2.16. The lowest BCUT2D eigenvalue weighted by atomic mass is 9.92. The fraction of sp³-hybridized carbons (Fsp3) is 0.231. The number of aromatic nitrogens is 2. The van der Waals surface area contributed by atoms with Crippen molar-refractivity contribution in [3.8, 4) is 17.2 Å². The first kappa shape index (κ1) is 20.6. The van der Waals surface area contributed by atoms with Crippen molar-refractivity contribution in [2.24, 2.45) is 5.73 Å². The Morgan fingerprint density at radius 1 is 1.03 bits per heavy atom. The molecule has 0 radical (unpaired) electrons. The number of fused-ring (bicyclic) bond motifs is 1. The van der Waals surface area contributed by atoms with Gasteiger partial charge in [-0.15, -0.1) is 0 Å². The fourth-order valence-corrected chi connectivity index (χ4v) is 4.07. The van der Waals surface area contributed by atoms with Crippen molar-refractivity contribution in [1.82, 2.24) is 9.55 Å². The van der Waals surface area contributed by atoms with E-state index in [1.165, 1.54) is 27.8 Å². The summed E-state index contributed by atoms with van der Waals surface area (Å²) in [5.74, 6) is 0.794. The Hall–Kier alpha value is -3.62. The Kier molecular flexibility index (Phi) is 5.75. The standard InChI is InChI=1S/C26H27N5/c1-17-7-4-5-10-22(17)24-19(3)18(2)13-23-25(24)30-26(29-12-11-27)31(23)16-21-9-6-8-20(14-21)15-28/h4-10,13-14H,11-12,16,27H2,1-3H3,(H,29,30). The molecule has 3 aromatic carbocycles. The maximum absolute atomic E-state index is 9.29. The summed E-state index contributed by atoms with van der Waals surface area (Å²) >= 11 is 0. The Labute approximate surface area is 183 Å². The van der Waals surface area contributed by atoms with Gasteiger partial charge in [0.15, 0.2) is 0 Å². The van der Waals surface area contributed by atoms with Crippen LogP contribution in [0.25, 0.3) is 22.2 Å². The summed E-state index contributed by atoms with van der Waals surface area (Å²) in [6, 6.07) is 20.6. The van der Waals surface area contributed by atoms with Crippen LogP contribution < -0.4 is 11.1 Å². The minimum atomic E-state index is 0.524. The number of rotatable bonds is 6. The first-order chi connectivity index (χ1) is 15.0. The molecule has 0 amide bonds. The molecule has 0 aliphatic rings. The summed E-state index contributed by atoms with van der Waals surface area (Å²) in [5, 5.41) is 12.7. The van der Waals surface area contributed by atoms with Crippen LogP contribution in [-0.4, -0.2) is 22.6 Å². The number of nitrogens with two attached hydrogens (primary N) is 1. The van der Waals surface area contributed by atoms with Gasteiger partial charge in [-0.05, 0) is 66.8 Å². The lowest BCUT2D eigenvalue weighted by molar-refractivity contribution is 0.820. The topological polar surface area (TPSA) is 79.7 Å². The number of hydrogen-bond donors (Lipinski definition) is 2. The molecule has 5 nitrogen and oxygen atoms in total. The van der Waals surface area contributed by atoms with E-state index in [9.17, 15) is 5.26 Å². The molecular weight excluding hydrogens is 382 g/mol. The zero-order valence-electron chi connectivity index (χ0n) is 18.2. The monoisotopic (exact) mass is 409 g/mol. The molecule has 0 atom stereocenters. The summed E-state index contributed by atoms with van der Waals surface area (Å²) in [7, 11) is 0. The molecule has 0 bridgehead atoms. The van der Waals surface area contributed by atoms with Crippen molar-refractivity contribution in [2.75, 3.05) is 18.4 Å². The first-order valence-corrected chi connectivity index (χ1v) is 10.5. The van der Waals surface area contributed by atoms with Crippen LogP contribution in [0.15, 0.2) is 54.6 Å².